The Hall–Kier alpha value is -0.540. The van der Waals surface area contributed by atoms with E-state index < -0.39 is 0 Å². The van der Waals surface area contributed by atoms with Gasteiger partial charge in [0.2, 0.25) is 0 Å². The third-order valence-electron chi connectivity index (χ3n) is 3.02. The summed E-state index contributed by atoms with van der Waals surface area (Å²) in [6.45, 7) is 3.26. The molecule has 0 atom stereocenters. The Balaban J connectivity index is 2.31. The van der Waals surface area contributed by atoms with Crippen LogP contribution >= 0.6 is 12.6 Å². The van der Waals surface area contributed by atoms with Gasteiger partial charge >= 0.3 is 0 Å². The van der Waals surface area contributed by atoms with Gasteiger partial charge in [-0.3, -0.25) is 0 Å². The lowest BCUT2D eigenvalue weighted by atomic mass is 9.89. The fraction of sp³-hybridized carbons (Fsp3) is 0.500. The second kappa shape index (κ2) is 4.14. The molecule has 0 aromatic heterocycles. The molecule has 0 radical (unpaired) electrons. The summed E-state index contributed by atoms with van der Waals surface area (Å²) < 4.78 is 18.3. The molecule has 0 N–H and O–H groups in total. The highest BCUT2D eigenvalue weighted by Gasteiger charge is 2.30. The van der Waals surface area contributed by atoms with Gasteiger partial charge in [-0.2, -0.15) is 12.6 Å². The molecule has 0 saturated carbocycles. The van der Waals surface area contributed by atoms with Gasteiger partial charge in [0, 0.05) is 18.0 Å². The van der Waals surface area contributed by atoms with Crippen molar-refractivity contribution in [3.63, 3.8) is 0 Å². The first-order valence-electron chi connectivity index (χ1n) is 5.19. The maximum atomic E-state index is 13.1. The molecule has 15 heavy (non-hydrogen) atoms. The summed E-state index contributed by atoms with van der Waals surface area (Å²) in [7, 11) is 0. The molecular weight excluding hydrogens is 211 g/mol. The van der Waals surface area contributed by atoms with E-state index in [1.807, 2.05) is 12.1 Å². The second-order valence-corrected chi connectivity index (χ2v) is 4.96. The van der Waals surface area contributed by atoms with Gasteiger partial charge in [0.05, 0.1) is 0 Å². The molecule has 1 heterocycles. The maximum Gasteiger partial charge on any atom is 0.126 e. The highest BCUT2D eigenvalue weighted by Crippen LogP contribution is 2.38. The number of rotatable bonds is 1. The van der Waals surface area contributed by atoms with Gasteiger partial charge in [-0.15, -0.1) is 0 Å². The van der Waals surface area contributed by atoms with Crippen LogP contribution in [-0.4, -0.2) is 13.2 Å². The molecule has 2 rings (SSSR count). The first kappa shape index (κ1) is 11.0. The zero-order chi connectivity index (χ0) is 10.9. The van der Waals surface area contributed by atoms with E-state index in [9.17, 15) is 4.39 Å². The second-order valence-electron chi connectivity index (χ2n) is 4.11. The van der Waals surface area contributed by atoms with Crippen LogP contribution in [0.3, 0.4) is 0 Å². The van der Waals surface area contributed by atoms with Crippen molar-refractivity contribution in [3.05, 3.63) is 35.1 Å². The van der Waals surface area contributed by atoms with Crippen molar-refractivity contribution in [1.29, 1.82) is 0 Å². The monoisotopic (exact) mass is 226 g/mol. The Labute approximate surface area is 95.0 Å². The SMILES string of the molecule is Cc1cc(C2(S)CCOCC2)ccc1F. The molecule has 1 fully saturated rings. The number of hydrogen-bond donors (Lipinski definition) is 1. The largest absolute Gasteiger partial charge is 0.381 e. The summed E-state index contributed by atoms with van der Waals surface area (Å²) >= 11 is 4.72. The molecule has 0 unspecified atom stereocenters. The van der Waals surface area contributed by atoms with Crippen LogP contribution in [0.1, 0.15) is 24.0 Å². The Morgan fingerprint density at radius 1 is 1.33 bits per heavy atom. The smallest absolute Gasteiger partial charge is 0.126 e. The molecule has 1 nitrogen and oxygen atoms in total. The fourth-order valence-corrected chi connectivity index (χ4v) is 2.25. The zero-order valence-corrected chi connectivity index (χ0v) is 9.69. The molecule has 1 aliphatic heterocycles. The van der Waals surface area contributed by atoms with E-state index in [1.54, 1.807) is 6.92 Å². The Morgan fingerprint density at radius 3 is 2.60 bits per heavy atom. The van der Waals surface area contributed by atoms with Crippen molar-refractivity contribution in [2.45, 2.75) is 24.5 Å². The van der Waals surface area contributed by atoms with Gasteiger partial charge in [-0.05, 0) is 37.0 Å². The minimum Gasteiger partial charge on any atom is -0.381 e. The lowest BCUT2D eigenvalue weighted by molar-refractivity contribution is 0.0774. The van der Waals surface area contributed by atoms with Crippen LogP contribution < -0.4 is 0 Å². The van der Waals surface area contributed by atoms with E-state index >= 15 is 0 Å². The lowest BCUT2D eigenvalue weighted by Crippen LogP contribution is -2.28. The third kappa shape index (κ3) is 2.18. The van der Waals surface area contributed by atoms with Gasteiger partial charge in [-0.25, -0.2) is 4.39 Å². The number of hydrogen-bond acceptors (Lipinski definition) is 2. The van der Waals surface area contributed by atoms with Gasteiger partial charge in [0.15, 0.2) is 0 Å². The summed E-state index contributed by atoms with van der Waals surface area (Å²) in [5.74, 6) is -0.150. The van der Waals surface area contributed by atoms with Crippen molar-refractivity contribution in [2.24, 2.45) is 0 Å². The minimum atomic E-state index is -0.150. The van der Waals surface area contributed by atoms with Crippen LogP contribution in [0.5, 0.6) is 0 Å². The molecule has 1 saturated heterocycles. The number of halogens is 1. The van der Waals surface area contributed by atoms with E-state index in [-0.39, 0.29) is 10.6 Å². The molecule has 1 aromatic carbocycles. The Kier molecular flexibility index (Phi) is 3.03. The van der Waals surface area contributed by atoms with Crippen LogP contribution in [-0.2, 0) is 9.48 Å². The number of thiol groups is 1. The maximum absolute atomic E-state index is 13.1. The van der Waals surface area contributed by atoms with Gasteiger partial charge in [-0.1, -0.05) is 12.1 Å². The molecule has 1 aromatic rings. The fourth-order valence-electron chi connectivity index (χ4n) is 1.93. The molecule has 0 aliphatic carbocycles. The van der Waals surface area contributed by atoms with Crippen molar-refractivity contribution >= 4 is 12.6 Å². The molecule has 0 amide bonds. The summed E-state index contributed by atoms with van der Waals surface area (Å²) in [5, 5.41) is 0. The average molecular weight is 226 g/mol. The molecular formula is C12H15FOS. The van der Waals surface area contributed by atoms with Crippen molar-refractivity contribution in [3.8, 4) is 0 Å². The lowest BCUT2D eigenvalue weighted by Gasteiger charge is -2.33. The van der Waals surface area contributed by atoms with Crippen molar-refractivity contribution in [1.82, 2.24) is 0 Å². The van der Waals surface area contributed by atoms with E-state index in [4.69, 9.17) is 17.4 Å². The number of benzene rings is 1. The van der Waals surface area contributed by atoms with Crippen LogP contribution in [0.2, 0.25) is 0 Å². The molecule has 3 heteroatoms. The molecule has 0 bridgehead atoms. The summed E-state index contributed by atoms with van der Waals surface area (Å²) in [5.41, 5.74) is 1.79. The van der Waals surface area contributed by atoms with Crippen LogP contribution in [0.4, 0.5) is 4.39 Å². The van der Waals surface area contributed by atoms with Crippen LogP contribution in [0.25, 0.3) is 0 Å². The molecule has 82 valence electrons. The Morgan fingerprint density at radius 2 is 2.00 bits per heavy atom. The predicted molar refractivity (Wildman–Crippen MR) is 61.9 cm³/mol. The summed E-state index contributed by atoms with van der Waals surface area (Å²) in [4.78, 5) is 0. The summed E-state index contributed by atoms with van der Waals surface area (Å²) in [6, 6.07) is 5.26. The highest BCUT2D eigenvalue weighted by atomic mass is 32.1. The topological polar surface area (TPSA) is 9.23 Å². The predicted octanol–water partition coefficient (Wildman–Crippen LogP) is 3.07. The first-order chi connectivity index (χ1) is 7.12. The van der Waals surface area contributed by atoms with Crippen LogP contribution in [0, 0.1) is 12.7 Å². The van der Waals surface area contributed by atoms with Crippen molar-refractivity contribution < 1.29 is 9.13 Å². The van der Waals surface area contributed by atoms with Gasteiger partial charge in [0.1, 0.15) is 5.82 Å². The molecule has 0 spiro atoms. The van der Waals surface area contributed by atoms with E-state index in [0.717, 1.165) is 31.6 Å². The average Bonchev–Trinajstić information content (AvgIpc) is 2.23. The standard InChI is InChI=1S/C12H15FOS/c1-9-8-10(2-3-11(9)13)12(15)4-6-14-7-5-12/h2-3,8,15H,4-7H2,1H3. The normalized spacial score (nSPS) is 20.2. The number of aryl methyl sites for hydroxylation is 1. The van der Waals surface area contributed by atoms with Crippen LogP contribution in [0.15, 0.2) is 18.2 Å². The molecule has 1 aliphatic rings. The van der Waals surface area contributed by atoms with E-state index in [0.29, 0.717) is 5.56 Å². The zero-order valence-electron chi connectivity index (χ0n) is 8.79. The van der Waals surface area contributed by atoms with Gasteiger partial charge < -0.3 is 4.74 Å². The third-order valence-corrected chi connectivity index (χ3v) is 3.72. The number of ether oxygens (including phenoxy) is 1. The van der Waals surface area contributed by atoms with E-state index in [1.165, 1.54) is 6.07 Å². The quantitative estimate of drug-likeness (QED) is 0.724. The van der Waals surface area contributed by atoms with E-state index in [2.05, 4.69) is 0 Å². The minimum absolute atomic E-state index is 0.142. The Bertz CT molecular complexity index is 359. The van der Waals surface area contributed by atoms with Gasteiger partial charge in [0.25, 0.3) is 0 Å². The highest BCUT2D eigenvalue weighted by molar-refractivity contribution is 7.81. The first-order valence-corrected chi connectivity index (χ1v) is 5.63. The van der Waals surface area contributed by atoms with Crippen molar-refractivity contribution in [2.75, 3.05) is 13.2 Å². The summed E-state index contributed by atoms with van der Waals surface area (Å²) in [6.07, 6.45) is 1.78.